The number of hydrogen-bond donors (Lipinski definition) is 2. The van der Waals surface area contributed by atoms with Crippen molar-refractivity contribution in [2.75, 3.05) is 13.2 Å². The van der Waals surface area contributed by atoms with Crippen molar-refractivity contribution in [2.24, 2.45) is 0 Å². The number of aromatic nitrogens is 2. The van der Waals surface area contributed by atoms with Crippen LogP contribution in [0, 0.1) is 5.82 Å². The number of aromatic amines is 1. The largest absolute Gasteiger partial charge is 0.476 e. The van der Waals surface area contributed by atoms with Gasteiger partial charge in [0.25, 0.3) is 0 Å². The number of pyridine rings is 1. The van der Waals surface area contributed by atoms with E-state index in [0.717, 1.165) is 38.9 Å². The van der Waals surface area contributed by atoms with Crippen LogP contribution in [0.2, 0.25) is 5.02 Å². The Balaban J connectivity index is 1.74. The first-order valence-corrected chi connectivity index (χ1v) is 11.6. The van der Waals surface area contributed by atoms with Gasteiger partial charge in [0.05, 0.1) is 11.6 Å². The Kier molecular flexibility index (Phi) is 7.63. The number of halogens is 2. The van der Waals surface area contributed by atoms with E-state index >= 15 is 0 Å². The molecule has 7 heteroatoms. The second-order valence-corrected chi connectivity index (χ2v) is 8.24. The van der Waals surface area contributed by atoms with Crippen LogP contribution in [0.3, 0.4) is 0 Å². The third kappa shape index (κ3) is 5.61. The average molecular weight is 490 g/mol. The molecular weight excluding hydrogens is 465 g/mol. The molecule has 0 aliphatic carbocycles. The number of hydrogen-bond acceptors (Lipinski definition) is 3. The van der Waals surface area contributed by atoms with Crippen molar-refractivity contribution in [3.63, 3.8) is 0 Å². The van der Waals surface area contributed by atoms with E-state index < -0.39 is 0 Å². The van der Waals surface area contributed by atoms with E-state index in [1.54, 1.807) is 18.3 Å². The van der Waals surface area contributed by atoms with E-state index in [-0.39, 0.29) is 18.3 Å². The summed E-state index contributed by atoms with van der Waals surface area (Å²) in [7, 11) is 0. The van der Waals surface area contributed by atoms with Gasteiger partial charge in [0.1, 0.15) is 12.4 Å². The topological polar surface area (TPSA) is 67.0 Å². The molecule has 0 saturated carbocycles. The van der Waals surface area contributed by atoms with E-state index in [1.165, 1.54) is 18.2 Å². The molecule has 0 atom stereocenters. The normalized spacial score (nSPS) is 11.7. The molecule has 0 unspecified atom stereocenters. The van der Waals surface area contributed by atoms with Gasteiger partial charge in [-0.1, -0.05) is 49.4 Å². The quantitative estimate of drug-likeness (QED) is 0.211. The highest BCUT2D eigenvalue weighted by Crippen LogP contribution is 2.38. The van der Waals surface area contributed by atoms with Crippen LogP contribution in [-0.4, -0.2) is 29.0 Å². The van der Waals surface area contributed by atoms with Crippen molar-refractivity contribution < 1.29 is 13.9 Å². The molecule has 4 rings (SSSR count). The molecule has 2 heterocycles. The van der Waals surface area contributed by atoms with Crippen molar-refractivity contribution >= 4 is 39.6 Å². The number of nitrogens with one attached hydrogen (secondary N) is 2. The van der Waals surface area contributed by atoms with E-state index in [4.69, 9.17) is 16.3 Å². The fourth-order valence-corrected chi connectivity index (χ4v) is 4.23. The summed E-state index contributed by atoms with van der Waals surface area (Å²) in [6.07, 6.45) is 3.62. The van der Waals surface area contributed by atoms with Crippen LogP contribution >= 0.6 is 11.6 Å². The smallest absolute Gasteiger partial charge is 0.243 e. The number of amides is 1. The van der Waals surface area contributed by atoms with Crippen LogP contribution in [-0.2, 0) is 4.79 Å². The Hall–Kier alpha value is -3.90. The maximum absolute atomic E-state index is 13.8. The number of ether oxygens (including phenoxy) is 1. The van der Waals surface area contributed by atoms with Crippen molar-refractivity contribution in [3.8, 4) is 5.88 Å². The van der Waals surface area contributed by atoms with E-state index in [1.807, 2.05) is 37.3 Å². The van der Waals surface area contributed by atoms with Crippen molar-refractivity contribution in [3.05, 3.63) is 107 Å². The standard InChI is InChI=1S/C28H25ClFN3O2/c1-3-21(22-11-10-20(30)16-23(22)29)28(25-15-18-7-5-6-8-24(18)33-25)19-9-12-27(32-17-19)35-14-13-31-26(34)4-2/h4-12,15-17,33H,2-3,13-14H2,1H3,(H,31,34)/b28-21+. The number of carbonyl (C=O) groups is 1. The monoisotopic (exact) mass is 489 g/mol. The minimum atomic E-state index is -0.381. The highest BCUT2D eigenvalue weighted by atomic mass is 35.5. The summed E-state index contributed by atoms with van der Waals surface area (Å²) in [6, 6.07) is 18.3. The molecule has 0 radical (unpaired) electrons. The zero-order valence-electron chi connectivity index (χ0n) is 19.3. The highest BCUT2D eigenvalue weighted by Gasteiger charge is 2.18. The molecule has 1 amide bonds. The molecule has 5 nitrogen and oxygen atoms in total. The van der Waals surface area contributed by atoms with Crippen LogP contribution in [0.5, 0.6) is 5.88 Å². The molecule has 0 bridgehead atoms. The number of benzene rings is 2. The Bertz CT molecular complexity index is 1360. The third-order valence-corrected chi connectivity index (χ3v) is 5.89. The van der Waals surface area contributed by atoms with E-state index in [2.05, 4.69) is 27.9 Å². The molecule has 0 spiro atoms. The van der Waals surface area contributed by atoms with Gasteiger partial charge in [0, 0.05) is 40.0 Å². The first kappa shape index (κ1) is 24.2. The lowest BCUT2D eigenvalue weighted by atomic mass is 9.91. The Labute approximate surface area is 208 Å². The Morgan fingerprint density at radius 2 is 2.03 bits per heavy atom. The first-order valence-electron chi connectivity index (χ1n) is 11.3. The molecule has 35 heavy (non-hydrogen) atoms. The number of para-hydroxylation sites is 1. The lowest BCUT2D eigenvalue weighted by Gasteiger charge is -2.16. The zero-order valence-corrected chi connectivity index (χ0v) is 20.0. The predicted molar refractivity (Wildman–Crippen MR) is 139 cm³/mol. The van der Waals surface area contributed by atoms with E-state index in [0.29, 0.717) is 23.9 Å². The molecule has 4 aromatic rings. The molecule has 0 aliphatic rings. The summed E-state index contributed by atoms with van der Waals surface area (Å²) in [4.78, 5) is 19.2. The number of fused-ring (bicyclic) bond motifs is 1. The van der Waals surface area contributed by atoms with Crippen LogP contribution < -0.4 is 10.1 Å². The van der Waals surface area contributed by atoms with Crippen LogP contribution in [0.4, 0.5) is 4.39 Å². The number of allylic oxidation sites excluding steroid dienone is 1. The first-order chi connectivity index (χ1) is 17.0. The molecule has 0 saturated heterocycles. The van der Waals surface area contributed by atoms with Crippen molar-refractivity contribution in [2.45, 2.75) is 13.3 Å². The van der Waals surface area contributed by atoms with Gasteiger partial charge in [-0.05, 0) is 54.0 Å². The summed E-state index contributed by atoms with van der Waals surface area (Å²) in [5.41, 5.74) is 5.43. The summed E-state index contributed by atoms with van der Waals surface area (Å²) in [6.45, 7) is 6.08. The number of carbonyl (C=O) groups excluding carboxylic acids is 1. The summed E-state index contributed by atoms with van der Waals surface area (Å²) in [5.74, 6) is -0.194. The van der Waals surface area contributed by atoms with Gasteiger partial charge in [0.15, 0.2) is 0 Å². The Morgan fingerprint density at radius 1 is 1.20 bits per heavy atom. The summed E-state index contributed by atoms with van der Waals surface area (Å²) < 4.78 is 19.4. The second kappa shape index (κ2) is 11.0. The summed E-state index contributed by atoms with van der Waals surface area (Å²) >= 11 is 6.47. The number of nitrogens with zero attached hydrogens (tertiary/aromatic N) is 1. The maximum atomic E-state index is 13.8. The maximum Gasteiger partial charge on any atom is 0.243 e. The van der Waals surface area contributed by atoms with Gasteiger partial charge in [-0.2, -0.15) is 0 Å². The Morgan fingerprint density at radius 3 is 2.71 bits per heavy atom. The van der Waals surface area contributed by atoms with Crippen molar-refractivity contribution in [1.82, 2.24) is 15.3 Å². The lowest BCUT2D eigenvalue weighted by Crippen LogP contribution is -2.26. The molecule has 2 N–H and O–H groups in total. The minimum Gasteiger partial charge on any atom is -0.476 e. The fraction of sp³-hybridized carbons (Fsp3) is 0.143. The van der Waals surface area contributed by atoms with Gasteiger partial charge < -0.3 is 15.0 Å². The van der Waals surface area contributed by atoms with Gasteiger partial charge in [-0.15, -0.1) is 0 Å². The molecule has 0 fully saturated rings. The van der Waals surface area contributed by atoms with Gasteiger partial charge in [-0.3, -0.25) is 4.79 Å². The van der Waals surface area contributed by atoms with Crippen LogP contribution in [0.1, 0.15) is 30.2 Å². The van der Waals surface area contributed by atoms with E-state index in [9.17, 15) is 9.18 Å². The minimum absolute atomic E-state index is 0.253. The van der Waals surface area contributed by atoms with Crippen LogP contribution in [0.15, 0.2) is 79.5 Å². The fourth-order valence-electron chi connectivity index (χ4n) is 3.95. The van der Waals surface area contributed by atoms with Crippen molar-refractivity contribution in [1.29, 1.82) is 0 Å². The zero-order chi connectivity index (χ0) is 24.8. The number of H-pyrrole nitrogens is 1. The second-order valence-electron chi connectivity index (χ2n) is 7.83. The molecule has 2 aromatic carbocycles. The van der Waals surface area contributed by atoms with Gasteiger partial charge in [0.2, 0.25) is 11.8 Å². The van der Waals surface area contributed by atoms with Gasteiger partial charge >= 0.3 is 0 Å². The number of rotatable bonds is 9. The molecular formula is C28H25ClFN3O2. The van der Waals surface area contributed by atoms with Crippen LogP contribution in [0.25, 0.3) is 22.0 Å². The highest BCUT2D eigenvalue weighted by molar-refractivity contribution is 6.32. The SMILES string of the molecule is C=CC(=O)NCCOc1ccc(/C(=C(/CC)c2ccc(F)cc2Cl)c2cc3ccccc3[nH]2)cn1. The molecule has 178 valence electrons. The molecule has 0 aliphatic heterocycles. The van der Waals surface area contributed by atoms with Gasteiger partial charge in [-0.25, -0.2) is 9.37 Å². The summed E-state index contributed by atoms with van der Waals surface area (Å²) in [5, 5.41) is 4.09. The third-order valence-electron chi connectivity index (χ3n) is 5.57. The lowest BCUT2D eigenvalue weighted by molar-refractivity contribution is -0.116. The average Bonchev–Trinajstić information content (AvgIpc) is 3.29. The predicted octanol–water partition coefficient (Wildman–Crippen LogP) is 6.41. The molecule has 2 aromatic heterocycles.